The van der Waals surface area contributed by atoms with Gasteiger partial charge in [-0.15, -0.1) is 0 Å². The number of hydrogen-bond donors (Lipinski definition) is 0. The normalized spacial score (nSPS) is 26.6. The van der Waals surface area contributed by atoms with Crippen LogP contribution in [0.5, 0.6) is 0 Å². The van der Waals surface area contributed by atoms with Crippen LogP contribution in [0.15, 0.2) is 0 Å². The van der Waals surface area contributed by atoms with Crippen molar-refractivity contribution in [2.24, 2.45) is 0 Å². The van der Waals surface area contributed by atoms with Gasteiger partial charge in [0.25, 0.3) is 0 Å². The van der Waals surface area contributed by atoms with Gasteiger partial charge in [-0.3, -0.25) is 9.69 Å². The molecule has 0 N–H and O–H groups in total. The molecule has 1 unspecified atom stereocenters. The molecule has 2 heterocycles. The predicted octanol–water partition coefficient (Wildman–Crippen LogP) is -0.256. The van der Waals surface area contributed by atoms with E-state index in [9.17, 15) is 13.2 Å². The van der Waals surface area contributed by atoms with Gasteiger partial charge < -0.3 is 9.64 Å². The lowest BCUT2D eigenvalue weighted by Gasteiger charge is -2.30. The second kappa shape index (κ2) is 6.87. The Balaban J connectivity index is 1.82. The van der Waals surface area contributed by atoms with Crippen LogP contribution in [0.4, 0.5) is 0 Å². The number of amides is 1. The quantitative estimate of drug-likeness (QED) is 0.700. The molecular formula is C13H24N2O4S. The second-order valence-electron chi connectivity index (χ2n) is 5.44. The lowest BCUT2D eigenvalue weighted by molar-refractivity contribution is -0.133. The first-order valence-electron chi connectivity index (χ1n) is 7.32. The van der Waals surface area contributed by atoms with Crippen molar-refractivity contribution in [3.05, 3.63) is 0 Å². The van der Waals surface area contributed by atoms with E-state index in [1.807, 2.05) is 6.92 Å². The Labute approximate surface area is 121 Å². The molecule has 20 heavy (non-hydrogen) atoms. The van der Waals surface area contributed by atoms with Crippen LogP contribution in [0.2, 0.25) is 0 Å². The minimum absolute atomic E-state index is 0.0705. The Kier molecular flexibility index (Phi) is 5.40. The predicted molar refractivity (Wildman–Crippen MR) is 76.3 cm³/mol. The van der Waals surface area contributed by atoms with Crippen molar-refractivity contribution in [2.75, 3.05) is 50.9 Å². The highest BCUT2D eigenvalue weighted by atomic mass is 32.2. The van der Waals surface area contributed by atoms with E-state index in [4.69, 9.17) is 4.74 Å². The number of hydrogen-bond acceptors (Lipinski definition) is 5. The maximum atomic E-state index is 12.3. The van der Waals surface area contributed by atoms with Crippen LogP contribution >= 0.6 is 0 Å². The van der Waals surface area contributed by atoms with Gasteiger partial charge in [-0.1, -0.05) is 0 Å². The van der Waals surface area contributed by atoms with Crippen LogP contribution in [0, 0.1) is 0 Å². The molecule has 0 aliphatic carbocycles. The number of morpholine rings is 1. The molecule has 0 bridgehead atoms. The lowest BCUT2D eigenvalue weighted by Crippen LogP contribution is -2.43. The van der Waals surface area contributed by atoms with E-state index in [1.54, 1.807) is 4.90 Å². The summed E-state index contributed by atoms with van der Waals surface area (Å²) in [4.78, 5) is 16.3. The number of rotatable bonds is 5. The third kappa shape index (κ3) is 4.17. The van der Waals surface area contributed by atoms with Gasteiger partial charge in [0.05, 0.1) is 24.7 Å². The van der Waals surface area contributed by atoms with E-state index < -0.39 is 9.84 Å². The Hall–Kier alpha value is -0.660. The summed E-state index contributed by atoms with van der Waals surface area (Å²) in [6, 6.07) is -0.123. The van der Waals surface area contributed by atoms with E-state index in [1.165, 1.54) is 0 Å². The summed E-state index contributed by atoms with van der Waals surface area (Å²) in [5.41, 5.74) is 0. The number of sulfone groups is 1. The second-order valence-corrected chi connectivity index (χ2v) is 7.67. The smallest absolute Gasteiger partial charge is 0.224 e. The fourth-order valence-corrected chi connectivity index (χ4v) is 4.61. The summed E-state index contributed by atoms with van der Waals surface area (Å²) >= 11 is 0. The van der Waals surface area contributed by atoms with Gasteiger partial charge in [0, 0.05) is 38.6 Å². The van der Waals surface area contributed by atoms with Crippen molar-refractivity contribution in [3.63, 3.8) is 0 Å². The molecule has 2 aliphatic rings. The molecule has 0 saturated carbocycles. The zero-order valence-electron chi connectivity index (χ0n) is 12.1. The van der Waals surface area contributed by atoms with Gasteiger partial charge in [0.1, 0.15) is 0 Å². The van der Waals surface area contributed by atoms with Crippen molar-refractivity contribution in [2.45, 2.75) is 25.8 Å². The number of carbonyl (C=O) groups is 1. The Morgan fingerprint density at radius 1 is 1.35 bits per heavy atom. The summed E-state index contributed by atoms with van der Waals surface area (Å²) in [6.45, 7) is 6.44. The fourth-order valence-electron chi connectivity index (χ4n) is 2.88. The molecule has 0 spiro atoms. The summed E-state index contributed by atoms with van der Waals surface area (Å²) in [5, 5.41) is 0. The molecule has 1 atom stereocenters. The van der Waals surface area contributed by atoms with E-state index in [0.717, 1.165) is 32.8 Å². The monoisotopic (exact) mass is 304 g/mol. The highest BCUT2D eigenvalue weighted by Gasteiger charge is 2.33. The van der Waals surface area contributed by atoms with Crippen molar-refractivity contribution >= 4 is 15.7 Å². The molecule has 0 radical (unpaired) electrons. The highest BCUT2D eigenvalue weighted by molar-refractivity contribution is 7.91. The lowest BCUT2D eigenvalue weighted by atomic mass is 10.2. The van der Waals surface area contributed by atoms with Gasteiger partial charge in [-0.25, -0.2) is 8.42 Å². The molecule has 2 saturated heterocycles. The van der Waals surface area contributed by atoms with Crippen LogP contribution < -0.4 is 0 Å². The first-order chi connectivity index (χ1) is 9.52. The summed E-state index contributed by atoms with van der Waals surface area (Å²) in [7, 11) is -2.94. The van der Waals surface area contributed by atoms with Crippen molar-refractivity contribution in [1.82, 2.24) is 9.80 Å². The zero-order chi connectivity index (χ0) is 14.6. The topological polar surface area (TPSA) is 66.9 Å². The van der Waals surface area contributed by atoms with Crippen LogP contribution in [-0.2, 0) is 19.4 Å². The molecule has 0 aromatic heterocycles. The number of ether oxygens (including phenoxy) is 1. The van der Waals surface area contributed by atoms with Gasteiger partial charge in [-0.2, -0.15) is 0 Å². The van der Waals surface area contributed by atoms with Crippen LogP contribution in [0.25, 0.3) is 0 Å². The van der Waals surface area contributed by atoms with Crippen LogP contribution in [-0.4, -0.2) is 81.1 Å². The average molecular weight is 304 g/mol. The average Bonchev–Trinajstić information content (AvgIpc) is 2.78. The first-order valence-corrected chi connectivity index (χ1v) is 9.14. The molecular weight excluding hydrogens is 280 g/mol. The molecule has 0 aromatic rings. The van der Waals surface area contributed by atoms with E-state index in [0.29, 0.717) is 19.4 Å². The molecule has 116 valence electrons. The summed E-state index contributed by atoms with van der Waals surface area (Å²) < 4.78 is 28.3. The Bertz CT molecular complexity index is 432. The Morgan fingerprint density at radius 2 is 2.05 bits per heavy atom. The zero-order valence-corrected chi connectivity index (χ0v) is 12.9. The standard InChI is InChI=1S/C13H24N2O4S/c1-2-15(12-4-10-20(17,18)11-12)13(16)3-5-14-6-8-19-9-7-14/h12H,2-11H2,1H3. The Morgan fingerprint density at radius 3 is 2.60 bits per heavy atom. The summed E-state index contributed by atoms with van der Waals surface area (Å²) in [5.74, 6) is 0.413. The van der Waals surface area contributed by atoms with Gasteiger partial charge >= 0.3 is 0 Å². The largest absolute Gasteiger partial charge is 0.379 e. The van der Waals surface area contributed by atoms with E-state index >= 15 is 0 Å². The minimum atomic E-state index is -2.94. The van der Waals surface area contributed by atoms with Crippen LogP contribution in [0.3, 0.4) is 0 Å². The maximum Gasteiger partial charge on any atom is 0.224 e. The minimum Gasteiger partial charge on any atom is -0.379 e. The van der Waals surface area contributed by atoms with Crippen molar-refractivity contribution < 1.29 is 17.9 Å². The molecule has 6 nitrogen and oxygen atoms in total. The van der Waals surface area contributed by atoms with Gasteiger partial charge in [0.15, 0.2) is 9.84 Å². The van der Waals surface area contributed by atoms with E-state index in [2.05, 4.69) is 4.90 Å². The molecule has 0 aromatic carbocycles. The fraction of sp³-hybridized carbons (Fsp3) is 0.923. The van der Waals surface area contributed by atoms with Crippen molar-refractivity contribution in [3.8, 4) is 0 Å². The van der Waals surface area contributed by atoms with Gasteiger partial charge in [-0.05, 0) is 13.3 Å². The van der Waals surface area contributed by atoms with Crippen molar-refractivity contribution in [1.29, 1.82) is 0 Å². The maximum absolute atomic E-state index is 12.3. The molecule has 1 amide bonds. The van der Waals surface area contributed by atoms with E-state index in [-0.39, 0.29) is 23.5 Å². The molecule has 2 rings (SSSR count). The summed E-state index contributed by atoms with van der Waals surface area (Å²) in [6.07, 6.45) is 1.05. The molecule has 2 aliphatic heterocycles. The molecule has 2 fully saturated rings. The van der Waals surface area contributed by atoms with Crippen LogP contribution in [0.1, 0.15) is 19.8 Å². The number of nitrogens with zero attached hydrogens (tertiary/aromatic N) is 2. The van der Waals surface area contributed by atoms with Gasteiger partial charge in [0.2, 0.25) is 5.91 Å². The first kappa shape index (κ1) is 15.7. The third-order valence-electron chi connectivity index (χ3n) is 4.06. The number of carbonyl (C=O) groups excluding carboxylic acids is 1. The molecule has 7 heteroatoms. The third-order valence-corrected chi connectivity index (χ3v) is 5.81. The highest BCUT2D eigenvalue weighted by Crippen LogP contribution is 2.18. The SMILES string of the molecule is CCN(C(=O)CCN1CCOCC1)C1CCS(=O)(=O)C1.